The molecule has 0 radical (unpaired) electrons. The number of fused-ring (bicyclic) bond motifs is 5. The average Bonchev–Trinajstić information content (AvgIpc) is 3.07. The Bertz CT molecular complexity index is 1240. The van der Waals surface area contributed by atoms with Crippen LogP contribution in [0.1, 0.15) is 11.5 Å². The van der Waals surface area contributed by atoms with Crippen LogP contribution in [0.4, 0.5) is 5.69 Å². The van der Waals surface area contributed by atoms with Crippen LogP contribution in [0, 0.1) is 5.92 Å². The van der Waals surface area contributed by atoms with E-state index in [0.717, 1.165) is 16.7 Å². The van der Waals surface area contributed by atoms with Gasteiger partial charge >= 0.3 is 5.97 Å². The summed E-state index contributed by atoms with van der Waals surface area (Å²) in [7, 11) is 4.41. The number of hydrogen-bond donors (Lipinski definition) is 1. The maximum atomic E-state index is 13.8. The topological polar surface area (TPSA) is 117 Å². The molecule has 2 aromatic carbocycles. The van der Waals surface area contributed by atoms with E-state index in [0.29, 0.717) is 22.8 Å². The third kappa shape index (κ3) is 2.97. The van der Waals surface area contributed by atoms with Crippen LogP contribution in [0.15, 0.2) is 47.0 Å². The molecular weight excluding hydrogens is 448 g/mol. The van der Waals surface area contributed by atoms with Crippen molar-refractivity contribution in [1.29, 1.82) is 0 Å². The number of nitrogens with zero attached hydrogens (tertiary/aromatic N) is 1. The van der Waals surface area contributed by atoms with Crippen molar-refractivity contribution >= 4 is 35.2 Å². The normalized spacial score (nSPS) is 23.5. The van der Waals surface area contributed by atoms with Crippen LogP contribution in [0.25, 0.3) is 0 Å². The lowest BCUT2D eigenvalue weighted by molar-refractivity contribution is -0.132. The Labute approximate surface area is 193 Å². The van der Waals surface area contributed by atoms with Crippen LogP contribution in [-0.4, -0.2) is 44.4 Å². The second kappa shape index (κ2) is 7.73. The smallest absolute Gasteiger partial charge is 0.342 e. The first-order valence-corrected chi connectivity index (χ1v) is 10.9. The van der Waals surface area contributed by atoms with Crippen LogP contribution in [0.3, 0.4) is 0 Å². The first-order valence-electron chi connectivity index (χ1n) is 10.1. The number of anilines is 1. The molecule has 1 saturated heterocycles. The van der Waals surface area contributed by atoms with Gasteiger partial charge in [0.2, 0.25) is 11.8 Å². The summed E-state index contributed by atoms with van der Waals surface area (Å²) < 4.78 is 21.6. The molecule has 0 aromatic heterocycles. The van der Waals surface area contributed by atoms with Gasteiger partial charge in [0.05, 0.1) is 43.5 Å². The summed E-state index contributed by atoms with van der Waals surface area (Å²) in [6.45, 7) is 0. The zero-order valence-electron chi connectivity index (χ0n) is 18.0. The van der Waals surface area contributed by atoms with E-state index in [9.17, 15) is 14.4 Å². The molecule has 1 fully saturated rings. The number of hydrogen-bond acceptors (Lipinski definition) is 9. The van der Waals surface area contributed by atoms with Crippen LogP contribution in [0.5, 0.6) is 23.0 Å². The fourth-order valence-electron chi connectivity index (χ4n) is 4.62. The molecule has 2 N–H and O–H groups in total. The van der Waals surface area contributed by atoms with Crippen molar-refractivity contribution in [1.82, 2.24) is 0 Å². The van der Waals surface area contributed by atoms with Gasteiger partial charge < -0.3 is 24.7 Å². The number of imide groups is 1. The van der Waals surface area contributed by atoms with E-state index >= 15 is 0 Å². The standard InChI is InChI=1S/C23H20N2O7S/c1-29-10-7-8-13(30-2)12(9-10)25-21(26)16-15-11-5-4-6-14(31-3)18(11)32-23(28)17(15)20(24)33-19(16)22(25)27/h4-9,15-16,19H,24H2,1-3H3/t15-,16+,19+/m1/s1. The number of para-hydroxylation sites is 1. The highest BCUT2D eigenvalue weighted by Gasteiger charge is 2.59. The summed E-state index contributed by atoms with van der Waals surface area (Å²) in [4.78, 5) is 41.3. The summed E-state index contributed by atoms with van der Waals surface area (Å²) >= 11 is 1.01. The number of nitrogens with two attached hydrogens (primary N) is 1. The molecule has 0 saturated carbocycles. The molecule has 2 amide bonds. The molecule has 3 heterocycles. The number of methoxy groups -OCH3 is 3. The Morgan fingerprint density at radius 3 is 2.42 bits per heavy atom. The molecule has 33 heavy (non-hydrogen) atoms. The van der Waals surface area contributed by atoms with Crippen LogP contribution < -0.4 is 29.6 Å². The number of benzene rings is 2. The summed E-state index contributed by atoms with van der Waals surface area (Å²) in [5, 5.41) is -0.646. The fraction of sp³-hybridized carbons (Fsp3) is 0.261. The monoisotopic (exact) mass is 468 g/mol. The molecular formula is C23H20N2O7S. The van der Waals surface area contributed by atoms with Gasteiger partial charge in [-0.3, -0.25) is 9.59 Å². The first kappa shape index (κ1) is 21.2. The molecule has 9 nitrogen and oxygen atoms in total. The second-order valence-electron chi connectivity index (χ2n) is 7.64. The predicted molar refractivity (Wildman–Crippen MR) is 119 cm³/mol. The van der Waals surface area contributed by atoms with E-state index in [2.05, 4.69) is 0 Å². The number of esters is 1. The fourth-order valence-corrected chi connectivity index (χ4v) is 5.86. The molecule has 3 aliphatic heterocycles. The minimum Gasteiger partial charge on any atom is -0.497 e. The average molecular weight is 468 g/mol. The van der Waals surface area contributed by atoms with Gasteiger partial charge in [-0.2, -0.15) is 0 Å². The van der Waals surface area contributed by atoms with Gasteiger partial charge in [0.1, 0.15) is 16.7 Å². The highest BCUT2D eigenvalue weighted by atomic mass is 32.2. The third-order valence-corrected chi connectivity index (χ3v) is 7.31. The Hall–Kier alpha value is -3.66. The molecule has 2 aromatic rings. The van der Waals surface area contributed by atoms with Crippen molar-refractivity contribution in [3.05, 3.63) is 52.6 Å². The maximum Gasteiger partial charge on any atom is 0.342 e. The molecule has 3 atom stereocenters. The molecule has 170 valence electrons. The van der Waals surface area contributed by atoms with Crippen molar-refractivity contribution in [2.45, 2.75) is 11.2 Å². The van der Waals surface area contributed by atoms with Gasteiger partial charge in [-0.05, 0) is 18.2 Å². The molecule has 0 spiro atoms. The maximum absolute atomic E-state index is 13.8. The number of thioether (sulfide) groups is 1. The Morgan fingerprint density at radius 1 is 0.970 bits per heavy atom. The molecule has 0 aliphatic carbocycles. The summed E-state index contributed by atoms with van der Waals surface area (Å²) in [6.07, 6.45) is 0. The number of ether oxygens (including phenoxy) is 4. The van der Waals surface area contributed by atoms with Gasteiger partial charge in [-0.1, -0.05) is 23.9 Å². The van der Waals surface area contributed by atoms with E-state index in [1.54, 1.807) is 36.4 Å². The van der Waals surface area contributed by atoms with Crippen molar-refractivity contribution in [2.75, 3.05) is 26.2 Å². The minimum absolute atomic E-state index is 0.167. The minimum atomic E-state index is -0.862. The summed E-state index contributed by atoms with van der Waals surface area (Å²) in [5.41, 5.74) is 7.27. The van der Waals surface area contributed by atoms with E-state index in [-0.39, 0.29) is 22.0 Å². The number of rotatable bonds is 4. The lowest BCUT2D eigenvalue weighted by Crippen LogP contribution is -2.39. The number of carbonyl (C=O) groups excluding carboxylic acids is 3. The van der Waals surface area contributed by atoms with Crippen molar-refractivity contribution in [3.8, 4) is 23.0 Å². The van der Waals surface area contributed by atoms with E-state index < -0.39 is 34.9 Å². The predicted octanol–water partition coefficient (Wildman–Crippen LogP) is 2.19. The summed E-state index contributed by atoms with van der Waals surface area (Å²) in [5.74, 6) is -1.77. The van der Waals surface area contributed by atoms with E-state index in [1.165, 1.54) is 21.3 Å². The lowest BCUT2D eigenvalue weighted by atomic mass is 9.77. The van der Waals surface area contributed by atoms with Gasteiger partial charge in [-0.15, -0.1) is 0 Å². The van der Waals surface area contributed by atoms with Gasteiger partial charge in [0.25, 0.3) is 0 Å². The van der Waals surface area contributed by atoms with E-state index in [4.69, 9.17) is 24.7 Å². The van der Waals surface area contributed by atoms with Crippen LogP contribution in [0.2, 0.25) is 0 Å². The third-order valence-electron chi connectivity index (χ3n) is 6.09. The molecule has 5 rings (SSSR count). The molecule has 0 bridgehead atoms. The van der Waals surface area contributed by atoms with Crippen LogP contribution >= 0.6 is 11.8 Å². The quantitative estimate of drug-likeness (QED) is 0.409. The lowest BCUT2D eigenvalue weighted by Gasteiger charge is -2.36. The van der Waals surface area contributed by atoms with Gasteiger partial charge in [-0.25, -0.2) is 9.69 Å². The Kier molecular flexibility index (Phi) is 4.97. The van der Waals surface area contributed by atoms with Crippen molar-refractivity contribution in [3.63, 3.8) is 0 Å². The van der Waals surface area contributed by atoms with Crippen molar-refractivity contribution in [2.24, 2.45) is 11.7 Å². The molecule has 3 aliphatic rings. The number of amides is 2. The van der Waals surface area contributed by atoms with Crippen molar-refractivity contribution < 1.29 is 33.3 Å². The highest BCUT2D eigenvalue weighted by molar-refractivity contribution is 8.04. The first-order chi connectivity index (χ1) is 15.9. The Morgan fingerprint density at radius 2 is 1.73 bits per heavy atom. The largest absolute Gasteiger partial charge is 0.497 e. The zero-order chi connectivity index (χ0) is 23.4. The van der Waals surface area contributed by atoms with E-state index in [1.807, 2.05) is 0 Å². The zero-order valence-corrected chi connectivity index (χ0v) is 18.8. The highest BCUT2D eigenvalue weighted by Crippen LogP contribution is 2.56. The second-order valence-corrected chi connectivity index (χ2v) is 8.82. The SMILES string of the molecule is COc1ccc(OC)c(N2C(=O)[C@@H]3[C@H](SC(N)=C4C(=O)Oc5c(OC)cccc5[C@@H]43)C2=O)c1. The van der Waals surface area contributed by atoms with Gasteiger partial charge in [0, 0.05) is 17.5 Å². The summed E-state index contributed by atoms with van der Waals surface area (Å²) in [6, 6.07) is 10.0. The number of carbonyl (C=O) groups is 3. The molecule has 0 unspecified atom stereocenters. The van der Waals surface area contributed by atoms with Gasteiger partial charge in [0.15, 0.2) is 11.5 Å². The van der Waals surface area contributed by atoms with Crippen LogP contribution in [-0.2, 0) is 14.4 Å². The molecule has 10 heteroatoms. The Balaban J connectivity index is 1.67.